The Labute approximate surface area is 196 Å². The first kappa shape index (κ1) is 25.0. The van der Waals surface area contributed by atoms with Gasteiger partial charge in [-0.25, -0.2) is 4.79 Å². The molecule has 0 saturated carbocycles. The fraction of sp³-hybridized carbons (Fsp3) is 0.440. The zero-order valence-corrected chi connectivity index (χ0v) is 20.0. The highest BCUT2D eigenvalue weighted by Crippen LogP contribution is 2.31. The summed E-state index contributed by atoms with van der Waals surface area (Å²) in [5.41, 5.74) is 2.65. The number of carboxylic acid groups (broad SMARTS) is 1. The van der Waals surface area contributed by atoms with Gasteiger partial charge < -0.3 is 29.4 Å². The average Bonchev–Trinajstić information content (AvgIpc) is 3.02. The van der Waals surface area contributed by atoms with Crippen LogP contribution in [0.15, 0.2) is 25.8 Å². The molecule has 0 bridgehead atoms. The molecule has 0 fully saturated rings. The molecule has 0 radical (unpaired) electrons. The molecule has 2 amide bonds. The molecule has 1 atom stereocenters. The van der Waals surface area contributed by atoms with E-state index in [-0.39, 0.29) is 31.7 Å². The third-order valence-corrected chi connectivity index (χ3v) is 5.96. The number of rotatable bonds is 9. The number of carboxylic acids is 1. The maximum Gasteiger partial charge on any atom is 0.339 e. The number of fused-ring (bicyclic) bond motifs is 2. The van der Waals surface area contributed by atoms with Gasteiger partial charge in [-0.3, -0.25) is 9.59 Å². The predicted octanol–water partition coefficient (Wildman–Crippen LogP) is 1.79. The number of nitrogens with one attached hydrogen (secondary N) is 2. The van der Waals surface area contributed by atoms with Crippen molar-refractivity contribution in [2.75, 3.05) is 6.54 Å². The van der Waals surface area contributed by atoms with Crippen LogP contribution in [0.2, 0.25) is 0 Å². The van der Waals surface area contributed by atoms with Crippen LogP contribution >= 0.6 is 0 Å². The molecule has 3 aromatic rings. The Hall–Kier alpha value is -3.62. The van der Waals surface area contributed by atoms with Crippen LogP contribution in [0.4, 0.5) is 0 Å². The molecule has 9 nitrogen and oxygen atoms in total. The molecule has 0 aliphatic rings. The molecule has 34 heavy (non-hydrogen) atoms. The van der Waals surface area contributed by atoms with E-state index in [0.717, 1.165) is 27.7 Å². The van der Waals surface area contributed by atoms with Gasteiger partial charge >= 0.3 is 5.63 Å². The van der Waals surface area contributed by atoms with E-state index in [2.05, 4.69) is 10.6 Å². The summed E-state index contributed by atoms with van der Waals surface area (Å²) in [7, 11) is 0. The van der Waals surface area contributed by atoms with Crippen LogP contribution in [0.25, 0.3) is 21.9 Å². The number of amides is 2. The number of benzene rings is 1. The highest BCUT2D eigenvalue weighted by molar-refractivity contribution is 5.96. The minimum atomic E-state index is -1.37. The number of aryl methyl sites for hydroxylation is 3. The normalized spacial score (nSPS) is 12.3. The summed E-state index contributed by atoms with van der Waals surface area (Å²) in [6.07, 6.45) is 0.323. The Kier molecular flexibility index (Phi) is 7.44. The van der Waals surface area contributed by atoms with Gasteiger partial charge in [-0.1, -0.05) is 13.8 Å². The predicted molar refractivity (Wildman–Crippen MR) is 124 cm³/mol. The highest BCUT2D eigenvalue weighted by atomic mass is 16.4. The number of hydrogen-bond acceptors (Lipinski definition) is 7. The van der Waals surface area contributed by atoms with E-state index in [1.807, 2.05) is 40.7 Å². The third kappa shape index (κ3) is 5.47. The molecule has 2 aromatic heterocycles. The van der Waals surface area contributed by atoms with Crippen molar-refractivity contribution in [3.63, 3.8) is 0 Å². The van der Waals surface area contributed by atoms with Gasteiger partial charge in [-0.15, -0.1) is 0 Å². The Bertz CT molecular complexity index is 1320. The van der Waals surface area contributed by atoms with Gasteiger partial charge in [0.1, 0.15) is 16.9 Å². The summed E-state index contributed by atoms with van der Waals surface area (Å²) < 4.78 is 11.2. The Morgan fingerprint density at radius 1 is 0.971 bits per heavy atom. The van der Waals surface area contributed by atoms with Gasteiger partial charge in [0.15, 0.2) is 0 Å². The van der Waals surface area contributed by atoms with Crippen molar-refractivity contribution in [3.8, 4) is 0 Å². The van der Waals surface area contributed by atoms with Crippen molar-refractivity contribution in [3.05, 3.63) is 45.0 Å². The lowest BCUT2D eigenvalue weighted by molar-refractivity contribution is -0.308. The molecule has 9 heteroatoms. The zero-order chi connectivity index (χ0) is 25.2. The van der Waals surface area contributed by atoms with Crippen molar-refractivity contribution in [2.24, 2.45) is 5.92 Å². The van der Waals surface area contributed by atoms with Gasteiger partial charge in [-0.2, -0.15) is 0 Å². The molecule has 0 spiro atoms. The molecular formula is C25H29N2O7-. The van der Waals surface area contributed by atoms with Gasteiger partial charge in [0.2, 0.25) is 11.8 Å². The van der Waals surface area contributed by atoms with E-state index in [4.69, 9.17) is 8.83 Å². The molecule has 182 valence electrons. The molecule has 0 unspecified atom stereocenters. The van der Waals surface area contributed by atoms with E-state index in [1.54, 1.807) is 6.07 Å². The second-order valence-corrected chi connectivity index (χ2v) is 8.97. The number of carbonyl (C=O) groups is 3. The number of furan rings is 1. The topological polar surface area (TPSA) is 142 Å². The largest absolute Gasteiger partial charge is 0.548 e. The minimum Gasteiger partial charge on any atom is -0.548 e. The molecule has 2 N–H and O–H groups in total. The molecule has 2 heterocycles. The lowest BCUT2D eigenvalue weighted by Crippen LogP contribution is -2.51. The Morgan fingerprint density at radius 2 is 1.62 bits per heavy atom. The van der Waals surface area contributed by atoms with Gasteiger partial charge in [0.25, 0.3) is 0 Å². The Morgan fingerprint density at radius 3 is 2.26 bits per heavy atom. The maximum absolute atomic E-state index is 12.6. The molecular weight excluding hydrogens is 440 g/mol. The zero-order valence-electron chi connectivity index (χ0n) is 20.0. The minimum absolute atomic E-state index is 0.0353. The van der Waals surface area contributed by atoms with E-state index in [1.165, 1.54) is 0 Å². The van der Waals surface area contributed by atoms with E-state index in [0.29, 0.717) is 16.7 Å². The van der Waals surface area contributed by atoms with Crippen LogP contribution in [0, 0.1) is 26.7 Å². The second kappa shape index (κ2) is 10.1. The van der Waals surface area contributed by atoms with Crippen LogP contribution in [0.1, 0.15) is 49.1 Å². The first-order valence-corrected chi connectivity index (χ1v) is 11.2. The average molecular weight is 470 g/mol. The lowest BCUT2D eigenvalue weighted by atomic mass is 10.0. The maximum atomic E-state index is 12.6. The smallest absolute Gasteiger partial charge is 0.339 e. The van der Waals surface area contributed by atoms with Gasteiger partial charge in [0, 0.05) is 28.8 Å². The fourth-order valence-electron chi connectivity index (χ4n) is 3.95. The summed E-state index contributed by atoms with van der Waals surface area (Å²) in [4.78, 5) is 48.0. The first-order chi connectivity index (χ1) is 16.0. The van der Waals surface area contributed by atoms with Crippen LogP contribution in [0.5, 0.6) is 0 Å². The standard InChI is InChI=1S/C25H30N2O7/c1-12(2)8-19(24(30)31)27-23(29)11-26-22(28)7-6-16-14(4)18-9-17-13(3)15(5)33-20(17)10-21(18)34-25(16)32/h9-10,12,19H,6-8,11H2,1-5H3,(H,26,28)(H,27,29)(H,30,31)/p-1/t19-/m0/s1. The van der Waals surface area contributed by atoms with Gasteiger partial charge in [-0.05, 0) is 56.7 Å². The highest BCUT2D eigenvalue weighted by Gasteiger charge is 2.18. The second-order valence-electron chi connectivity index (χ2n) is 8.97. The molecule has 0 aliphatic carbocycles. The van der Waals surface area contributed by atoms with E-state index in [9.17, 15) is 24.3 Å². The van der Waals surface area contributed by atoms with Gasteiger partial charge in [0.05, 0.1) is 18.6 Å². The van der Waals surface area contributed by atoms with Crippen LogP contribution in [-0.2, 0) is 20.8 Å². The van der Waals surface area contributed by atoms with Crippen molar-refractivity contribution in [1.82, 2.24) is 10.6 Å². The SMILES string of the molecule is Cc1oc2cc3oc(=O)c(CCC(=O)NCC(=O)N[C@@H](CC(C)C)C(=O)[O-])c(C)c3cc2c1C. The van der Waals surface area contributed by atoms with Crippen molar-refractivity contribution in [2.45, 2.75) is 59.9 Å². The summed E-state index contributed by atoms with van der Waals surface area (Å²) in [6, 6.07) is 2.50. The summed E-state index contributed by atoms with van der Waals surface area (Å²) in [5, 5.41) is 17.7. The fourth-order valence-corrected chi connectivity index (χ4v) is 3.95. The Balaban J connectivity index is 1.66. The monoisotopic (exact) mass is 469 g/mol. The molecule has 3 rings (SSSR count). The molecule has 0 aliphatic heterocycles. The summed E-state index contributed by atoms with van der Waals surface area (Å²) in [6.45, 7) is 8.92. The number of hydrogen-bond donors (Lipinski definition) is 2. The quantitative estimate of drug-likeness (QED) is 0.455. The molecule has 1 aromatic carbocycles. The van der Waals surface area contributed by atoms with Crippen molar-refractivity contribution >= 4 is 39.7 Å². The van der Waals surface area contributed by atoms with Crippen LogP contribution in [0.3, 0.4) is 0 Å². The first-order valence-electron chi connectivity index (χ1n) is 11.2. The number of carbonyl (C=O) groups excluding carboxylic acids is 3. The van der Waals surface area contributed by atoms with Crippen LogP contribution < -0.4 is 21.4 Å². The summed E-state index contributed by atoms with van der Waals surface area (Å²) in [5.74, 6) is -1.60. The van der Waals surface area contributed by atoms with E-state index < -0.39 is 29.5 Å². The van der Waals surface area contributed by atoms with Crippen LogP contribution in [-0.4, -0.2) is 30.4 Å². The third-order valence-electron chi connectivity index (χ3n) is 5.96. The van der Waals surface area contributed by atoms with Crippen molar-refractivity contribution < 1.29 is 28.3 Å². The van der Waals surface area contributed by atoms with E-state index >= 15 is 0 Å². The lowest BCUT2D eigenvalue weighted by Gasteiger charge is -2.21. The van der Waals surface area contributed by atoms with Crippen molar-refractivity contribution in [1.29, 1.82) is 0 Å². The molecule has 0 saturated heterocycles. The summed E-state index contributed by atoms with van der Waals surface area (Å²) >= 11 is 0. The number of aliphatic carboxylic acids is 1.